The summed E-state index contributed by atoms with van der Waals surface area (Å²) in [5.41, 5.74) is 0. The minimum Gasteiger partial charge on any atom is -0.468 e. The van der Waals surface area contributed by atoms with Gasteiger partial charge in [0.05, 0.1) is 6.61 Å². The Hall–Kier alpha value is -0.530. The molecule has 2 unspecified atom stereocenters. The molecule has 2 nitrogen and oxygen atoms in total. The lowest BCUT2D eigenvalue weighted by Gasteiger charge is -2.34. The van der Waals surface area contributed by atoms with E-state index in [-0.39, 0.29) is 0 Å². The highest BCUT2D eigenvalue weighted by Crippen LogP contribution is 2.36. The van der Waals surface area contributed by atoms with Crippen molar-refractivity contribution in [3.63, 3.8) is 0 Å². The van der Waals surface area contributed by atoms with Gasteiger partial charge < -0.3 is 4.74 Å². The Labute approximate surface area is 61.6 Å². The molecule has 0 aliphatic heterocycles. The summed E-state index contributed by atoms with van der Waals surface area (Å²) in [6, 6.07) is 0. The van der Waals surface area contributed by atoms with Gasteiger partial charge in [0.1, 0.15) is 0 Å². The van der Waals surface area contributed by atoms with E-state index in [0.717, 1.165) is 5.92 Å². The van der Waals surface area contributed by atoms with E-state index in [0.29, 0.717) is 19.0 Å². The first-order chi connectivity index (χ1) is 4.88. The van der Waals surface area contributed by atoms with Gasteiger partial charge in [0.15, 0.2) is 0 Å². The number of rotatable bonds is 4. The van der Waals surface area contributed by atoms with Crippen molar-refractivity contribution < 1.29 is 9.53 Å². The summed E-state index contributed by atoms with van der Waals surface area (Å²) in [7, 11) is 0. The van der Waals surface area contributed by atoms with Crippen molar-refractivity contribution in [1.29, 1.82) is 0 Å². The molecule has 10 heavy (non-hydrogen) atoms. The average molecular weight is 142 g/mol. The summed E-state index contributed by atoms with van der Waals surface area (Å²) in [6.45, 7) is 3.38. The summed E-state index contributed by atoms with van der Waals surface area (Å²) < 4.78 is 4.69. The molecule has 0 saturated heterocycles. The molecule has 0 radical (unpaired) electrons. The van der Waals surface area contributed by atoms with Crippen LogP contribution in [0.15, 0.2) is 0 Å². The largest absolute Gasteiger partial charge is 0.468 e. The lowest BCUT2D eigenvalue weighted by molar-refractivity contribution is -0.131. The molecule has 0 bridgehead atoms. The third kappa shape index (κ3) is 1.49. The van der Waals surface area contributed by atoms with Crippen LogP contribution in [-0.2, 0) is 9.53 Å². The van der Waals surface area contributed by atoms with Gasteiger partial charge in [-0.1, -0.05) is 13.3 Å². The first kappa shape index (κ1) is 7.58. The Bertz CT molecular complexity index is 110. The molecule has 1 rings (SSSR count). The lowest BCUT2D eigenvalue weighted by Crippen LogP contribution is -2.29. The summed E-state index contributed by atoms with van der Waals surface area (Å²) in [5.74, 6) is 1.48. The fourth-order valence-electron chi connectivity index (χ4n) is 1.56. The Morgan fingerprint density at radius 3 is 2.60 bits per heavy atom. The molecule has 1 saturated carbocycles. The summed E-state index contributed by atoms with van der Waals surface area (Å²) in [4.78, 5) is 9.82. The molecule has 0 N–H and O–H groups in total. The van der Waals surface area contributed by atoms with Crippen LogP contribution >= 0.6 is 0 Å². The molecular weight excluding hydrogens is 128 g/mol. The standard InChI is InChI=1S/C8H14O2/c1-2-7-3-4-8(7)5-10-6-9/h6-8H,2-5H2,1H3. The van der Waals surface area contributed by atoms with Crippen molar-refractivity contribution in [3.05, 3.63) is 0 Å². The predicted molar refractivity (Wildman–Crippen MR) is 38.5 cm³/mol. The molecule has 0 aromatic carbocycles. The van der Waals surface area contributed by atoms with Crippen molar-refractivity contribution in [1.82, 2.24) is 0 Å². The molecule has 0 spiro atoms. The average Bonchev–Trinajstić information content (AvgIpc) is 1.88. The Morgan fingerprint density at radius 2 is 2.20 bits per heavy atom. The van der Waals surface area contributed by atoms with E-state index in [4.69, 9.17) is 0 Å². The van der Waals surface area contributed by atoms with E-state index in [1.54, 1.807) is 0 Å². The van der Waals surface area contributed by atoms with Gasteiger partial charge >= 0.3 is 0 Å². The highest BCUT2D eigenvalue weighted by Gasteiger charge is 2.29. The number of carbonyl (C=O) groups excluding carboxylic acids is 1. The Balaban J connectivity index is 2.10. The molecule has 1 aliphatic carbocycles. The highest BCUT2D eigenvalue weighted by atomic mass is 16.5. The van der Waals surface area contributed by atoms with Crippen LogP contribution in [0.25, 0.3) is 0 Å². The summed E-state index contributed by atoms with van der Waals surface area (Å²) in [5, 5.41) is 0. The topological polar surface area (TPSA) is 26.3 Å². The maximum Gasteiger partial charge on any atom is 0.293 e. The number of carbonyl (C=O) groups is 1. The SMILES string of the molecule is CCC1CCC1COC=O. The number of hydrogen-bond donors (Lipinski definition) is 0. The van der Waals surface area contributed by atoms with Gasteiger partial charge in [-0.3, -0.25) is 4.79 Å². The van der Waals surface area contributed by atoms with Gasteiger partial charge in [-0.05, 0) is 24.7 Å². The Kier molecular flexibility index (Phi) is 2.72. The van der Waals surface area contributed by atoms with Crippen molar-refractivity contribution >= 4 is 6.47 Å². The molecule has 58 valence electrons. The zero-order valence-corrected chi connectivity index (χ0v) is 6.38. The zero-order chi connectivity index (χ0) is 7.40. The van der Waals surface area contributed by atoms with Gasteiger partial charge in [0, 0.05) is 0 Å². The second-order valence-electron chi connectivity index (χ2n) is 2.94. The van der Waals surface area contributed by atoms with Gasteiger partial charge in [0.25, 0.3) is 6.47 Å². The fourth-order valence-corrected chi connectivity index (χ4v) is 1.56. The molecule has 0 aromatic rings. The predicted octanol–water partition coefficient (Wildman–Crippen LogP) is 1.60. The molecular formula is C8H14O2. The van der Waals surface area contributed by atoms with Crippen LogP contribution in [0.5, 0.6) is 0 Å². The molecule has 0 amide bonds. The van der Waals surface area contributed by atoms with Crippen LogP contribution in [0.2, 0.25) is 0 Å². The molecule has 1 aliphatic rings. The van der Waals surface area contributed by atoms with E-state index >= 15 is 0 Å². The third-order valence-corrected chi connectivity index (χ3v) is 2.48. The second kappa shape index (κ2) is 3.59. The normalized spacial score (nSPS) is 30.9. The van der Waals surface area contributed by atoms with Gasteiger partial charge in [-0.25, -0.2) is 0 Å². The minimum absolute atomic E-state index is 0.547. The highest BCUT2D eigenvalue weighted by molar-refractivity contribution is 5.36. The van der Waals surface area contributed by atoms with Crippen molar-refractivity contribution in [2.45, 2.75) is 26.2 Å². The van der Waals surface area contributed by atoms with Crippen LogP contribution in [-0.4, -0.2) is 13.1 Å². The maximum absolute atomic E-state index is 9.82. The van der Waals surface area contributed by atoms with Crippen molar-refractivity contribution in [2.75, 3.05) is 6.61 Å². The minimum atomic E-state index is 0.547. The Morgan fingerprint density at radius 1 is 1.50 bits per heavy atom. The number of ether oxygens (including phenoxy) is 1. The molecule has 0 aromatic heterocycles. The van der Waals surface area contributed by atoms with Gasteiger partial charge in [-0.2, -0.15) is 0 Å². The van der Waals surface area contributed by atoms with Crippen LogP contribution in [0.4, 0.5) is 0 Å². The van der Waals surface area contributed by atoms with E-state index in [1.165, 1.54) is 19.3 Å². The smallest absolute Gasteiger partial charge is 0.293 e. The first-order valence-electron chi connectivity index (χ1n) is 3.93. The summed E-state index contributed by atoms with van der Waals surface area (Å²) >= 11 is 0. The van der Waals surface area contributed by atoms with Crippen LogP contribution in [0, 0.1) is 11.8 Å². The van der Waals surface area contributed by atoms with Crippen LogP contribution in [0.1, 0.15) is 26.2 Å². The van der Waals surface area contributed by atoms with Crippen LogP contribution < -0.4 is 0 Å². The number of hydrogen-bond acceptors (Lipinski definition) is 2. The first-order valence-corrected chi connectivity index (χ1v) is 3.93. The van der Waals surface area contributed by atoms with E-state index < -0.39 is 0 Å². The van der Waals surface area contributed by atoms with Gasteiger partial charge in [-0.15, -0.1) is 0 Å². The van der Waals surface area contributed by atoms with Gasteiger partial charge in [0.2, 0.25) is 0 Å². The third-order valence-electron chi connectivity index (χ3n) is 2.48. The monoisotopic (exact) mass is 142 g/mol. The van der Waals surface area contributed by atoms with Crippen molar-refractivity contribution in [3.8, 4) is 0 Å². The molecule has 0 heterocycles. The molecule has 1 fully saturated rings. The van der Waals surface area contributed by atoms with E-state index in [1.807, 2.05) is 0 Å². The zero-order valence-electron chi connectivity index (χ0n) is 6.38. The molecule has 2 heteroatoms. The van der Waals surface area contributed by atoms with Crippen LogP contribution in [0.3, 0.4) is 0 Å². The summed E-state index contributed by atoms with van der Waals surface area (Å²) in [6.07, 6.45) is 3.79. The maximum atomic E-state index is 9.82. The lowest BCUT2D eigenvalue weighted by atomic mass is 9.73. The van der Waals surface area contributed by atoms with Crippen molar-refractivity contribution in [2.24, 2.45) is 11.8 Å². The second-order valence-corrected chi connectivity index (χ2v) is 2.94. The fraction of sp³-hybridized carbons (Fsp3) is 0.875. The van der Waals surface area contributed by atoms with E-state index in [2.05, 4.69) is 11.7 Å². The quantitative estimate of drug-likeness (QED) is 0.557. The van der Waals surface area contributed by atoms with E-state index in [9.17, 15) is 4.79 Å². The molecule has 2 atom stereocenters.